The van der Waals surface area contributed by atoms with Crippen molar-refractivity contribution in [1.29, 1.82) is 0 Å². The Kier molecular flexibility index (Phi) is 5.05. The Hall–Kier alpha value is -2.34. The van der Waals surface area contributed by atoms with Crippen molar-refractivity contribution in [3.63, 3.8) is 0 Å². The quantitative estimate of drug-likeness (QED) is 0.896. The van der Waals surface area contributed by atoms with Gasteiger partial charge in [0.1, 0.15) is 0 Å². The summed E-state index contributed by atoms with van der Waals surface area (Å²) in [6, 6.07) is 13.4. The van der Waals surface area contributed by atoms with E-state index in [1.807, 2.05) is 12.1 Å². The van der Waals surface area contributed by atoms with Gasteiger partial charge in [0, 0.05) is 12.6 Å². The highest BCUT2D eigenvalue weighted by molar-refractivity contribution is 7.92. The van der Waals surface area contributed by atoms with E-state index in [0.717, 1.165) is 25.5 Å². The lowest BCUT2D eigenvalue weighted by atomic mass is 9.87. The van der Waals surface area contributed by atoms with Crippen molar-refractivity contribution in [2.45, 2.75) is 32.2 Å². The number of anilines is 1. The predicted molar refractivity (Wildman–Crippen MR) is 104 cm³/mol. The molecule has 0 saturated heterocycles. The van der Waals surface area contributed by atoms with Gasteiger partial charge in [0.25, 0.3) is 5.91 Å². The van der Waals surface area contributed by atoms with Crippen molar-refractivity contribution in [3.05, 3.63) is 64.7 Å². The van der Waals surface area contributed by atoms with E-state index in [4.69, 9.17) is 0 Å². The van der Waals surface area contributed by atoms with Crippen molar-refractivity contribution in [2.75, 3.05) is 17.6 Å². The fourth-order valence-corrected chi connectivity index (χ4v) is 4.08. The highest BCUT2D eigenvalue weighted by atomic mass is 32.2. The molecule has 1 atom stereocenters. The summed E-state index contributed by atoms with van der Waals surface area (Å²) in [5.41, 5.74) is 4.13. The second-order valence-electron chi connectivity index (χ2n) is 6.80. The highest BCUT2D eigenvalue weighted by Gasteiger charge is 2.24. The lowest BCUT2D eigenvalue weighted by Gasteiger charge is -2.27. The smallest absolute Gasteiger partial charge is 0.252 e. The number of nitrogens with one attached hydrogen (secondary N) is 1. The van der Waals surface area contributed by atoms with Gasteiger partial charge in [0.05, 0.1) is 18.0 Å². The number of nitrogens with zero attached hydrogens (tertiary/aromatic N) is 1. The number of amides is 1. The Bertz CT molecular complexity index is 938. The molecular weight excluding hydrogens is 348 g/mol. The molecule has 0 heterocycles. The molecule has 0 aromatic heterocycles. The van der Waals surface area contributed by atoms with Gasteiger partial charge in [-0.05, 0) is 55.0 Å². The predicted octanol–water partition coefficient (Wildman–Crippen LogP) is 3.20. The topological polar surface area (TPSA) is 66.5 Å². The number of benzene rings is 2. The molecule has 1 aliphatic rings. The van der Waals surface area contributed by atoms with Gasteiger partial charge in [-0.15, -0.1) is 0 Å². The molecule has 1 amide bonds. The van der Waals surface area contributed by atoms with Gasteiger partial charge in [-0.25, -0.2) is 8.42 Å². The van der Waals surface area contributed by atoms with E-state index in [1.54, 1.807) is 25.1 Å². The monoisotopic (exact) mass is 372 g/mol. The van der Waals surface area contributed by atoms with Crippen LogP contribution in [0.4, 0.5) is 5.69 Å². The van der Waals surface area contributed by atoms with Crippen LogP contribution in [0.3, 0.4) is 0 Å². The first kappa shape index (κ1) is 18.5. The van der Waals surface area contributed by atoms with Gasteiger partial charge in [-0.2, -0.15) is 0 Å². The summed E-state index contributed by atoms with van der Waals surface area (Å²) >= 11 is 0. The molecular formula is C20H24N2O3S. The number of hydrogen-bond acceptors (Lipinski definition) is 3. The fourth-order valence-electron chi connectivity index (χ4n) is 3.53. The van der Waals surface area contributed by atoms with Crippen molar-refractivity contribution in [2.24, 2.45) is 0 Å². The van der Waals surface area contributed by atoms with Gasteiger partial charge in [0.15, 0.2) is 0 Å². The highest BCUT2D eigenvalue weighted by Crippen LogP contribution is 2.30. The molecule has 0 unspecified atom stereocenters. The molecule has 1 N–H and O–H groups in total. The maximum atomic E-state index is 12.9. The van der Waals surface area contributed by atoms with E-state index in [1.165, 1.54) is 22.5 Å². The Labute approximate surface area is 155 Å². The van der Waals surface area contributed by atoms with Gasteiger partial charge in [0.2, 0.25) is 10.0 Å². The average molecular weight is 372 g/mol. The fraction of sp³-hybridized carbons (Fsp3) is 0.350. The third-order valence-electron chi connectivity index (χ3n) is 5.06. The van der Waals surface area contributed by atoms with E-state index in [0.29, 0.717) is 16.8 Å². The van der Waals surface area contributed by atoms with Crippen LogP contribution in [0.25, 0.3) is 0 Å². The summed E-state index contributed by atoms with van der Waals surface area (Å²) < 4.78 is 24.9. The van der Waals surface area contributed by atoms with Crippen molar-refractivity contribution in [1.82, 2.24) is 5.32 Å². The SMILES string of the molecule is Cc1c(C(=O)N[C@@H]2CCCc3ccccc32)cccc1N(C)S(C)(=O)=O. The van der Waals surface area contributed by atoms with Crippen molar-refractivity contribution in [3.8, 4) is 0 Å². The maximum Gasteiger partial charge on any atom is 0.252 e. The normalized spacial score (nSPS) is 16.7. The zero-order chi connectivity index (χ0) is 18.9. The summed E-state index contributed by atoms with van der Waals surface area (Å²) in [6.07, 6.45) is 4.14. The van der Waals surface area contributed by atoms with Crippen LogP contribution in [0.1, 0.15) is 45.9 Å². The summed E-state index contributed by atoms with van der Waals surface area (Å²) in [5, 5.41) is 3.13. The second-order valence-corrected chi connectivity index (χ2v) is 8.81. The molecule has 2 aromatic rings. The van der Waals surface area contributed by atoms with E-state index >= 15 is 0 Å². The standard InChI is InChI=1S/C20H24N2O3S/c1-14-16(11-7-13-19(14)22(2)26(3,24)25)20(23)21-18-12-6-9-15-8-4-5-10-17(15)18/h4-5,7-8,10-11,13,18H,6,9,12H2,1-3H3,(H,21,23)/t18-/m1/s1. The van der Waals surface area contributed by atoms with E-state index in [2.05, 4.69) is 17.4 Å². The Morgan fingerprint density at radius 2 is 1.88 bits per heavy atom. The van der Waals surface area contributed by atoms with Crippen LogP contribution in [-0.4, -0.2) is 27.6 Å². The summed E-state index contributed by atoms with van der Waals surface area (Å²) in [6.45, 7) is 1.78. The van der Waals surface area contributed by atoms with E-state index < -0.39 is 10.0 Å². The second kappa shape index (κ2) is 7.11. The minimum Gasteiger partial charge on any atom is -0.345 e. The van der Waals surface area contributed by atoms with Crippen molar-refractivity contribution >= 4 is 21.6 Å². The lowest BCUT2D eigenvalue weighted by Crippen LogP contribution is -2.32. The van der Waals surface area contributed by atoms with Crippen LogP contribution in [0.5, 0.6) is 0 Å². The zero-order valence-corrected chi connectivity index (χ0v) is 16.1. The molecule has 0 aliphatic heterocycles. The number of carbonyl (C=O) groups excluding carboxylic acids is 1. The maximum absolute atomic E-state index is 12.9. The number of aryl methyl sites for hydroxylation is 1. The van der Waals surface area contributed by atoms with Crippen LogP contribution in [0.15, 0.2) is 42.5 Å². The molecule has 0 bridgehead atoms. The Morgan fingerprint density at radius 3 is 2.62 bits per heavy atom. The average Bonchev–Trinajstić information content (AvgIpc) is 2.61. The number of fused-ring (bicyclic) bond motifs is 1. The molecule has 0 fully saturated rings. The molecule has 1 aliphatic carbocycles. The number of rotatable bonds is 4. The van der Waals surface area contributed by atoms with Gasteiger partial charge >= 0.3 is 0 Å². The van der Waals surface area contributed by atoms with E-state index in [-0.39, 0.29) is 11.9 Å². The van der Waals surface area contributed by atoms with Crippen LogP contribution in [0, 0.1) is 6.92 Å². The van der Waals surface area contributed by atoms with Crippen LogP contribution < -0.4 is 9.62 Å². The molecule has 2 aromatic carbocycles. The van der Waals surface area contributed by atoms with Crippen LogP contribution >= 0.6 is 0 Å². The zero-order valence-electron chi connectivity index (χ0n) is 15.3. The first-order valence-corrected chi connectivity index (χ1v) is 10.6. The minimum atomic E-state index is -3.39. The molecule has 0 radical (unpaired) electrons. The molecule has 26 heavy (non-hydrogen) atoms. The molecule has 0 saturated carbocycles. The molecule has 3 rings (SSSR count). The summed E-state index contributed by atoms with van der Waals surface area (Å²) in [7, 11) is -1.89. The third kappa shape index (κ3) is 3.60. The molecule has 5 nitrogen and oxygen atoms in total. The number of carbonyl (C=O) groups is 1. The largest absolute Gasteiger partial charge is 0.345 e. The van der Waals surface area contributed by atoms with Crippen LogP contribution in [0.2, 0.25) is 0 Å². The summed E-state index contributed by atoms with van der Waals surface area (Å²) in [4.78, 5) is 12.9. The first-order chi connectivity index (χ1) is 12.3. The van der Waals surface area contributed by atoms with E-state index in [9.17, 15) is 13.2 Å². The lowest BCUT2D eigenvalue weighted by molar-refractivity contribution is 0.0932. The summed E-state index contributed by atoms with van der Waals surface area (Å²) in [5.74, 6) is -0.173. The van der Waals surface area contributed by atoms with Gasteiger partial charge < -0.3 is 5.32 Å². The molecule has 0 spiro atoms. The Balaban J connectivity index is 1.88. The molecule has 6 heteroatoms. The molecule has 138 valence electrons. The van der Waals surface area contributed by atoms with Gasteiger partial charge in [-0.3, -0.25) is 9.10 Å². The number of hydrogen-bond donors (Lipinski definition) is 1. The van der Waals surface area contributed by atoms with Gasteiger partial charge in [-0.1, -0.05) is 30.3 Å². The minimum absolute atomic E-state index is 0.0110. The first-order valence-electron chi connectivity index (χ1n) is 8.71. The number of sulfonamides is 1. The third-order valence-corrected chi connectivity index (χ3v) is 6.25. The van der Waals surface area contributed by atoms with Crippen LogP contribution in [-0.2, 0) is 16.4 Å². The Morgan fingerprint density at radius 1 is 1.15 bits per heavy atom. The van der Waals surface area contributed by atoms with Crippen molar-refractivity contribution < 1.29 is 13.2 Å².